The molecular weight excluding hydrogens is 388 g/mol. The third-order valence-electron chi connectivity index (χ3n) is 5.35. The van der Waals surface area contributed by atoms with Crippen LogP contribution in [0.2, 0.25) is 5.02 Å². The lowest BCUT2D eigenvalue weighted by Gasteiger charge is -2.36. The summed E-state index contributed by atoms with van der Waals surface area (Å²) >= 11 is 6.31. The van der Waals surface area contributed by atoms with Crippen molar-refractivity contribution in [1.29, 1.82) is 0 Å². The van der Waals surface area contributed by atoms with E-state index in [-0.39, 0.29) is 0 Å². The predicted octanol–water partition coefficient (Wildman–Crippen LogP) is 3.78. The molecule has 1 saturated heterocycles. The van der Waals surface area contributed by atoms with E-state index >= 15 is 0 Å². The zero-order valence-electron chi connectivity index (χ0n) is 16.3. The number of piperazine rings is 1. The molecule has 0 unspecified atom stereocenters. The van der Waals surface area contributed by atoms with Gasteiger partial charge in [-0.25, -0.2) is 4.52 Å². The van der Waals surface area contributed by atoms with E-state index in [1.807, 2.05) is 36.5 Å². The average molecular weight is 413 g/mol. The lowest BCUT2D eigenvalue weighted by molar-refractivity contribution is 0.112. The van der Waals surface area contributed by atoms with Crippen molar-refractivity contribution in [2.24, 2.45) is 0 Å². The number of unbranched alkanes of at least 4 members (excludes halogenated alkanes) is 1. The highest BCUT2D eigenvalue weighted by atomic mass is 35.5. The second kappa shape index (κ2) is 9.29. The van der Waals surface area contributed by atoms with Crippen molar-refractivity contribution in [3.63, 3.8) is 0 Å². The maximum Gasteiger partial charge on any atom is 0.153 e. The van der Waals surface area contributed by atoms with Crippen LogP contribution in [0.1, 0.15) is 23.2 Å². The van der Waals surface area contributed by atoms with Crippen molar-refractivity contribution in [2.45, 2.75) is 12.8 Å². The summed E-state index contributed by atoms with van der Waals surface area (Å²) in [6.07, 6.45) is 6.30. The quantitative estimate of drug-likeness (QED) is 0.416. The van der Waals surface area contributed by atoms with E-state index < -0.39 is 0 Å². The summed E-state index contributed by atoms with van der Waals surface area (Å²) in [5, 5.41) is 5.00. The number of aromatic nitrogens is 2. The van der Waals surface area contributed by atoms with Gasteiger partial charge in [0.1, 0.15) is 5.75 Å². The number of carbonyl (C=O) groups excluding carboxylic acids is 1. The molecule has 0 bridgehead atoms. The van der Waals surface area contributed by atoms with Crippen molar-refractivity contribution in [3.05, 3.63) is 59.4 Å². The van der Waals surface area contributed by atoms with Crippen LogP contribution < -0.4 is 9.64 Å². The van der Waals surface area contributed by atoms with Crippen LogP contribution in [0, 0.1) is 0 Å². The second-order valence-electron chi connectivity index (χ2n) is 7.25. The fourth-order valence-electron chi connectivity index (χ4n) is 3.71. The number of pyridine rings is 1. The topological polar surface area (TPSA) is 50.1 Å². The van der Waals surface area contributed by atoms with Crippen molar-refractivity contribution < 1.29 is 9.53 Å². The number of hydrogen-bond acceptors (Lipinski definition) is 5. The molecule has 0 radical (unpaired) electrons. The number of halogens is 1. The van der Waals surface area contributed by atoms with Crippen molar-refractivity contribution >= 4 is 29.1 Å². The van der Waals surface area contributed by atoms with Gasteiger partial charge in [0.25, 0.3) is 0 Å². The number of carbonyl (C=O) groups is 1. The number of anilines is 1. The molecule has 1 aromatic carbocycles. The Morgan fingerprint density at radius 3 is 2.69 bits per heavy atom. The molecule has 0 spiro atoms. The standard InChI is InChI=1S/C22H25ClN4O2/c23-20-5-1-2-6-22(20)26-12-10-25(11-13-26)9-3-4-14-29-19-7-8-21-18(17-28)15-24-27(21)16-19/h1-2,5-8,15-17H,3-4,9-14H2. The molecule has 0 saturated carbocycles. The molecule has 1 aliphatic heterocycles. The fraction of sp³-hybridized carbons (Fsp3) is 0.364. The number of benzene rings is 1. The van der Waals surface area contributed by atoms with Gasteiger partial charge in [0.15, 0.2) is 6.29 Å². The largest absolute Gasteiger partial charge is 0.492 e. The molecule has 7 heteroatoms. The summed E-state index contributed by atoms with van der Waals surface area (Å²) in [5.74, 6) is 0.770. The molecule has 6 nitrogen and oxygen atoms in total. The molecule has 1 fully saturated rings. The molecule has 29 heavy (non-hydrogen) atoms. The minimum atomic E-state index is 0.589. The minimum absolute atomic E-state index is 0.589. The first-order valence-corrected chi connectivity index (χ1v) is 10.4. The maximum absolute atomic E-state index is 10.9. The molecule has 0 amide bonds. The average Bonchev–Trinajstić information content (AvgIpc) is 3.17. The van der Waals surface area contributed by atoms with Crippen LogP contribution in [0.5, 0.6) is 5.75 Å². The fourth-order valence-corrected chi connectivity index (χ4v) is 3.96. The lowest BCUT2D eigenvalue weighted by atomic mass is 10.2. The van der Waals surface area contributed by atoms with E-state index in [0.717, 1.165) is 73.8 Å². The van der Waals surface area contributed by atoms with Crippen LogP contribution >= 0.6 is 11.6 Å². The molecule has 0 aliphatic carbocycles. The Kier molecular flexibility index (Phi) is 6.32. The van der Waals surface area contributed by atoms with Gasteiger partial charge in [0, 0.05) is 26.2 Å². The van der Waals surface area contributed by atoms with Crippen molar-refractivity contribution in [2.75, 3.05) is 44.2 Å². The van der Waals surface area contributed by atoms with Gasteiger partial charge in [0.2, 0.25) is 0 Å². The van der Waals surface area contributed by atoms with Crippen molar-refractivity contribution in [1.82, 2.24) is 14.5 Å². The van der Waals surface area contributed by atoms with Crippen LogP contribution in [0.15, 0.2) is 48.8 Å². The number of rotatable bonds is 8. The van der Waals surface area contributed by atoms with Gasteiger partial charge in [-0.15, -0.1) is 0 Å². The van der Waals surface area contributed by atoms with Gasteiger partial charge in [-0.3, -0.25) is 9.69 Å². The summed E-state index contributed by atoms with van der Waals surface area (Å²) in [7, 11) is 0. The molecule has 4 rings (SSSR count). The summed E-state index contributed by atoms with van der Waals surface area (Å²) < 4.78 is 7.52. The SMILES string of the molecule is O=Cc1cnn2cc(OCCCCN3CCN(c4ccccc4Cl)CC3)ccc12. The lowest BCUT2D eigenvalue weighted by Crippen LogP contribution is -2.46. The molecule has 152 valence electrons. The number of fused-ring (bicyclic) bond motifs is 1. The summed E-state index contributed by atoms with van der Waals surface area (Å²) in [6, 6.07) is 11.8. The first kappa shape index (κ1) is 19.7. The van der Waals surface area contributed by atoms with E-state index in [1.54, 1.807) is 10.7 Å². The van der Waals surface area contributed by atoms with Gasteiger partial charge < -0.3 is 9.64 Å². The summed E-state index contributed by atoms with van der Waals surface area (Å²) in [5.41, 5.74) is 2.52. The molecule has 0 N–H and O–H groups in total. The monoisotopic (exact) mass is 412 g/mol. The smallest absolute Gasteiger partial charge is 0.153 e. The predicted molar refractivity (Wildman–Crippen MR) is 115 cm³/mol. The van der Waals surface area contributed by atoms with E-state index in [4.69, 9.17) is 16.3 Å². The van der Waals surface area contributed by atoms with Gasteiger partial charge in [-0.05, 0) is 43.7 Å². The maximum atomic E-state index is 10.9. The molecule has 2 aromatic heterocycles. The highest BCUT2D eigenvalue weighted by Gasteiger charge is 2.18. The Labute approximate surface area is 175 Å². The molecule has 0 atom stereocenters. The first-order chi connectivity index (χ1) is 14.2. The zero-order chi connectivity index (χ0) is 20.1. The number of hydrogen-bond donors (Lipinski definition) is 0. The van der Waals surface area contributed by atoms with E-state index in [9.17, 15) is 4.79 Å². The summed E-state index contributed by atoms with van der Waals surface area (Å²) in [6.45, 7) is 5.88. The highest BCUT2D eigenvalue weighted by molar-refractivity contribution is 6.33. The van der Waals surface area contributed by atoms with Gasteiger partial charge in [-0.1, -0.05) is 23.7 Å². The third kappa shape index (κ3) is 4.71. The summed E-state index contributed by atoms with van der Waals surface area (Å²) in [4.78, 5) is 15.8. The van der Waals surface area contributed by atoms with Crippen LogP contribution in [0.4, 0.5) is 5.69 Å². The van der Waals surface area contributed by atoms with E-state index in [2.05, 4.69) is 21.0 Å². The van der Waals surface area contributed by atoms with Crippen LogP contribution in [-0.4, -0.2) is 60.1 Å². The molecular formula is C22H25ClN4O2. The van der Waals surface area contributed by atoms with Crippen molar-refractivity contribution in [3.8, 4) is 5.75 Å². The van der Waals surface area contributed by atoms with E-state index in [0.29, 0.717) is 12.2 Å². The minimum Gasteiger partial charge on any atom is -0.492 e. The zero-order valence-corrected chi connectivity index (χ0v) is 17.1. The third-order valence-corrected chi connectivity index (χ3v) is 5.67. The Morgan fingerprint density at radius 1 is 1.07 bits per heavy atom. The second-order valence-corrected chi connectivity index (χ2v) is 7.66. The number of para-hydroxylation sites is 1. The molecule has 3 heterocycles. The Balaban J connectivity index is 1.16. The molecule has 1 aliphatic rings. The Bertz CT molecular complexity index is 966. The number of nitrogens with zero attached hydrogens (tertiary/aromatic N) is 4. The normalized spacial score (nSPS) is 15.0. The van der Waals surface area contributed by atoms with Gasteiger partial charge in [-0.2, -0.15) is 5.10 Å². The van der Waals surface area contributed by atoms with Crippen LogP contribution in [0.3, 0.4) is 0 Å². The Morgan fingerprint density at radius 2 is 1.90 bits per heavy atom. The molecule has 3 aromatic rings. The van der Waals surface area contributed by atoms with Crippen LogP contribution in [0.25, 0.3) is 5.52 Å². The first-order valence-electron chi connectivity index (χ1n) is 10.0. The van der Waals surface area contributed by atoms with E-state index in [1.165, 1.54) is 0 Å². The number of ether oxygens (including phenoxy) is 1. The van der Waals surface area contributed by atoms with Crippen LogP contribution in [-0.2, 0) is 0 Å². The highest BCUT2D eigenvalue weighted by Crippen LogP contribution is 2.26. The van der Waals surface area contributed by atoms with Gasteiger partial charge >= 0.3 is 0 Å². The van der Waals surface area contributed by atoms with Gasteiger partial charge in [0.05, 0.1) is 40.8 Å². The number of aldehydes is 1. The Hall–Kier alpha value is -2.57.